The maximum absolute atomic E-state index is 12.8. The highest BCUT2D eigenvalue weighted by molar-refractivity contribution is 14.1. The van der Waals surface area contributed by atoms with Gasteiger partial charge >= 0.3 is 6.18 Å². The lowest BCUT2D eigenvalue weighted by Crippen LogP contribution is -2.29. The van der Waals surface area contributed by atoms with E-state index in [1.165, 1.54) is 6.07 Å². The number of halogens is 5. The van der Waals surface area contributed by atoms with E-state index in [1.54, 1.807) is 24.3 Å². The van der Waals surface area contributed by atoms with E-state index in [2.05, 4.69) is 28.0 Å². The zero-order valence-electron chi connectivity index (χ0n) is 10.6. The van der Waals surface area contributed by atoms with Gasteiger partial charge in [-0.1, -0.05) is 29.8 Å². The molecule has 112 valence electrons. The van der Waals surface area contributed by atoms with Crippen molar-refractivity contribution in [3.05, 3.63) is 67.7 Å². The van der Waals surface area contributed by atoms with Gasteiger partial charge in [0.1, 0.15) is 0 Å². The van der Waals surface area contributed by atoms with Crippen molar-refractivity contribution in [1.82, 2.24) is 5.43 Å². The molecule has 0 bridgehead atoms. The quantitative estimate of drug-likeness (QED) is 0.430. The average molecular weight is 427 g/mol. The van der Waals surface area contributed by atoms with Gasteiger partial charge < -0.3 is 0 Å². The third-order valence-electron chi connectivity index (χ3n) is 2.99. The van der Waals surface area contributed by atoms with Crippen LogP contribution in [0.4, 0.5) is 13.2 Å². The van der Waals surface area contributed by atoms with Gasteiger partial charge in [-0.2, -0.15) is 13.2 Å². The van der Waals surface area contributed by atoms with Crippen LogP contribution in [-0.2, 0) is 6.18 Å². The Labute approximate surface area is 138 Å². The van der Waals surface area contributed by atoms with E-state index in [0.29, 0.717) is 16.1 Å². The third kappa shape index (κ3) is 3.88. The van der Waals surface area contributed by atoms with Gasteiger partial charge in [0.05, 0.1) is 16.6 Å². The van der Waals surface area contributed by atoms with Crippen LogP contribution >= 0.6 is 34.2 Å². The van der Waals surface area contributed by atoms with Crippen molar-refractivity contribution in [1.29, 1.82) is 0 Å². The van der Waals surface area contributed by atoms with Crippen LogP contribution in [0.5, 0.6) is 0 Å². The van der Waals surface area contributed by atoms with Crippen molar-refractivity contribution in [3.63, 3.8) is 0 Å². The molecule has 7 heteroatoms. The van der Waals surface area contributed by atoms with Gasteiger partial charge in [-0.25, -0.2) is 5.43 Å². The zero-order valence-corrected chi connectivity index (χ0v) is 13.5. The molecule has 0 saturated carbocycles. The molecule has 2 aromatic carbocycles. The second kappa shape index (κ2) is 6.51. The Morgan fingerprint density at radius 1 is 1.10 bits per heavy atom. The fourth-order valence-corrected chi connectivity index (χ4v) is 2.50. The minimum Gasteiger partial charge on any atom is -0.271 e. The van der Waals surface area contributed by atoms with Gasteiger partial charge in [-0.15, -0.1) is 0 Å². The molecule has 2 aromatic rings. The van der Waals surface area contributed by atoms with Crippen molar-refractivity contribution in [3.8, 4) is 0 Å². The normalized spacial score (nSPS) is 13.2. The molecule has 2 nitrogen and oxygen atoms in total. The molecule has 2 rings (SSSR count). The highest BCUT2D eigenvalue weighted by atomic mass is 127. The summed E-state index contributed by atoms with van der Waals surface area (Å²) in [6.45, 7) is 0. The average Bonchev–Trinajstić information content (AvgIpc) is 2.43. The lowest BCUT2D eigenvalue weighted by atomic mass is 9.97. The topological polar surface area (TPSA) is 38.0 Å². The van der Waals surface area contributed by atoms with Crippen molar-refractivity contribution in [2.75, 3.05) is 0 Å². The van der Waals surface area contributed by atoms with E-state index in [0.717, 1.165) is 15.7 Å². The van der Waals surface area contributed by atoms with Crippen LogP contribution in [0.15, 0.2) is 42.5 Å². The van der Waals surface area contributed by atoms with E-state index in [4.69, 9.17) is 17.4 Å². The smallest absolute Gasteiger partial charge is 0.271 e. The highest BCUT2D eigenvalue weighted by Gasteiger charge is 2.31. The lowest BCUT2D eigenvalue weighted by molar-refractivity contribution is -0.137. The Morgan fingerprint density at radius 2 is 1.76 bits per heavy atom. The predicted molar refractivity (Wildman–Crippen MR) is 84.8 cm³/mol. The molecule has 0 radical (unpaired) electrons. The summed E-state index contributed by atoms with van der Waals surface area (Å²) in [6.07, 6.45) is -4.39. The van der Waals surface area contributed by atoms with Gasteiger partial charge in [0.2, 0.25) is 0 Å². The number of nitrogens with two attached hydrogens (primary N) is 1. The lowest BCUT2D eigenvalue weighted by Gasteiger charge is -2.19. The monoisotopic (exact) mass is 426 g/mol. The molecule has 0 spiro atoms. The third-order valence-corrected chi connectivity index (χ3v) is 4.56. The Balaban J connectivity index is 2.44. The van der Waals surface area contributed by atoms with Crippen molar-refractivity contribution < 1.29 is 13.2 Å². The SMILES string of the molecule is NNC(c1cccc(C(F)(F)F)c1)c1ccc(I)c(Cl)c1. The summed E-state index contributed by atoms with van der Waals surface area (Å²) in [6, 6.07) is 9.74. The summed E-state index contributed by atoms with van der Waals surface area (Å²) < 4.78 is 39.2. The Bertz CT molecular complexity index is 646. The summed E-state index contributed by atoms with van der Waals surface area (Å²) in [5.41, 5.74) is 2.94. The molecule has 1 unspecified atom stereocenters. The number of rotatable bonds is 3. The first-order chi connectivity index (χ1) is 9.82. The van der Waals surface area contributed by atoms with Gasteiger partial charge in [-0.3, -0.25) is 5.84 Å². The molecular formula is C14H11ClF3IN2. The fourth-order valence-electron chi connectivity index (χ4n) is 1.97. The van der Waals surface area contributed by atoms with Gasteiger partial charge in [0.15, 0.2) is 0 Å². The van der Waals surface area contributed by atoms with Crippen LogP contribution in [0.3, 0.4) is 0 Å². The maximum atomic E-state index is 12.8. The summed E-state index contributed by atoms with van der Waals surface area (Å²) in [5.74, 6) is 5.51. The van der Waals surface area contributed by atoms with Gasteiger partial charge in [-0.05, 0) is 58.0 Å². The highest BCUT2D eigenvalue weighted by Crippen LogP contribution is 2.32. The molecule has 0 amide bonds. The van der Waals surface area contributed by atoms with E-state index < -0.39 is 17.8 Å². The molecule has 0 aromatic heterocycles. The van der Waals surface area contributed by atoms with Crippen molar-refractivity contribution in [2.45, 2.75) is 12.2 Å². The number of hydrazine groups is 1. The van der Waals surface area contributed by atoms with E-state index in [-0.39, 0.29) is 0 Å². The van der Waals surface area contributed by atoms with Crippen molar-refractivity contribution in [2.24, 2.45) is 5.84 Å². The first-order valence-corrected chi connectivity index (χ1v) is 7.37. The summed E-state index contributed by atoms with van der Waals surface area (Å²) >= 11 is 8.12. The van der Waals surface area contributed by atoms with Crippen LogP contribution in [0.2, 0.25) is 5.02 Å². The Kier molecular flexibility index (Phi) is 5.13. The van der Waals surface area contributed by atoms with Crippen LogP contribution < -0.4 is 11.3 Å². The molecule has 0 aliphatic rings. The molecular weight excluding hydrogens is 416 g/mol. The summed E-state index contributed by atoms with van der Waals surface area (Å²) in [5, 5.41) is 0.528. The minimum atomic E-state index is -4.39. The van der Waals surface area contributed by atoms with Crippen LogP contribution in [0, 0.1) is 3.57 Å². The molecule has 1 atom stereocenters. The molecule has 0 saturated heterocycles. The number of hydrogen-bond acceptors (Lipinski definition) is 2. The standard InChI is InChI=1S/C14H11ClF3IN2/c15-11-7-9(4-5-12(11)19)13(21-20)8-2-1-3-10(6-8)14(16,17)18/h1-7,13,21H,20H2. The van der Waals surface area contributed by atoms with Crippen LogP contribution in [0.1, 0.15) is 22.7 Å². The number of nitrogens with one attached hydrogen (secondary N) is 1. The number of hydrogen-bond donors (Lipinski definition) is 2. The molecule has 3 N–H and O–H groups in total. The molecule has 0 aliphatic carbocycles. The maximum Gasteiger partial charge on any atom is 0.416 e. The Hall–Kier alpha value is -0.830. The number of alkyl halides is 3. The zero-order chi connectivity index (χ0) is 15.6. The van der Waals surface area contributed by atoms with Gasteiger partial charge in [0, 0.05) is 3.57 Å². The minimum absolute atomic E-state index is 0.421. The first-order valence-electron chi connectivity index (χ1n) is 5.91. The molecule has 0 fully saturated rings. The van der Waals surface area contributed by atoms with Crippen LogP contribution in [0.25, 0.3) is 0 Å². The second-order valence-electron chi connectivity index (χ2n) is 4.40. The van der Waals surface area contributed by atoms with E-state index in [1.807, 2.05) is 0 Å². The summed E-state index contributed by atoms with van der Waals surface area (Å²) in [4.78, 5) is 0. The molecule has 0 heterocycles. The van der Waals surface area contributed by atoms with Gasteiger partial charge in [0.25, 0.3) is 0 Å². The first kappa shape index (κ1) is 16.5. The number of benzene rings is 2. The predicted octanol–water partition coefficient (Wildman–Crippen LogP) is 4.52. The fraction of sp³-hybridized carbons (Fsp3) is 0.143. The van der Waals surface area contributed by atoms with Crippen molar-refractivity contribution >= 4 is 34.2 Å². The largest absolute Gasteiger partial charge is 0.416 e. The molecule has 21 heavy (non-hydrogen) atoms. The summed E-state index contributed by atoms with van der Waals surface area (Å²) in [7, 11) is 0. The van der Waals surface area contributed by atoms with Crippen LogP contribution in [-0.4, -0.2) is 0 Å². The molecule has 0 aliphatic heterocycles. The Morgan fingerprint density at radius 3 is 2.33 bits per heavy atom. The van der Waals surface area contributed by atoms with E-state index >= 15 is 0 Å². The second-order valence-corrected chi connectivity index (χ2v) is 5.97. The van der Waals surface area contributed by atoms with E-state index in [9.17, 15) is 13.2 Å².